The molecule has 0 aliphatic carbocycles. The molecule has 2 aliphatic heterocycles. The molecule has 0 spiro atoms. The number of rotatable bonds is 1. The second-order valence-corrected chi connectivity index (χ2v) is 5.95. The molecule has 3 heterocycles. The van der Waals surface area contributed by atoms with Crippen LogP contribution in [0, 0.1) is 5.92 Å². The number of carbonyl (C=O) groups is 1. The van der Waals surface area contributed by atoms with Crippen LogP contribution in [0.15, 0.2) is 22.8 Å². The summed E-state index contributed by atoms with van der Waals surface area (Å²) >= 11 is 3.33. The Kier molecular flexibility index (Phi) is 3.35. The Hall–Kier alpha value is -0.940. The third-order valence-corrected chi connectivity index (χ3v) is 4.30. The van der Waals surface area contributed by atoms with Gasteiger partial charge in [0.25, 0.3) is 5.91 Å². The van der Waals surface area contributed by atoms with E-state index in [4.69, 9.17) is 0 Å². The Bertz CT molecular complexity index is 434. The summed E-state index contributed by atoms with van der Waals surface area (Å²) in [6, 6.07) is 4.13. The molecule has 2 aliphatic rings. The SMILES string of the molecule is O=C(c1ccc(Br)cn1)N1C[C@@H]2CCCN[C@@H]2C1. The third kappa shape index (κ3) is 2.29. The second kappa shape index (κ2) is 4.97. The smallest absolute Gasteiger partial charge is 0.272 e. The summed E-state index contributed by atoms with van der Waals surface area (Å²) in [6.07, 6.45) is 4.13. The zero-order chi connectivity index (χ0) is 12.5. The van der Waals surface area contributed by atoms with Gasteiger partial charge >= 0.3 is 0 Å². The van der Waals surface area contributed by atoms with Crippen LogP contribution >= 0.6 is 15.9 Å². The molecule has 3 rings (SSSR count). The van der Waals surface area contributed by atoms with Crippen LogP contribution in [0.5, 0.6) is 0 Å². The molecule has 0 radical (unpaired) electrons. The minimum absolute atomic E-state index is 0.0544. The largest absolute Gasteiger partial charge is 0.335 e. The van der Waals surface area contributed by atoms with E-state index in [-0.39, 0.29) is 5.91 Å². The van der Waals surface area contributed by atoms with Crippen LogP contribution in [0.1, 0.15) is 23.3 Å². The maximum absolute atomic E-state index is 12.3. The van der Waals surface area contributed by atoms with Gasteiger partial charge in [-0.05, 0) is 53.4 Å². The Morgan fingerprint density at radius 3 is 3.06 bits per heavy atom. The van der Waals surface area contributed by atoms with Gasteiger partial charge in [-0.15, -0.1) is 0 Å². The fourth-order valence-electron chi connectivity index (χ4n) is 2.88. The van der Waals surface area contributed by atoms with Crippen LogP contribution < -0.4 is 5.32 Å². The number of halogens is 1. The van der Waals surface area contributed by atoms with Crippen LogP contribution in [0.25, 0.3) is 0 Å². The number of hydrogen-bond acceptors (Lipinski definition) is 3. The van der Waals surface area contributed by atoms with E-state index < -0.39 is 0 Å². The molecule has 2 fully saturated rings. The van der Waals surface area contributed by atoms with E-state index in [1.165, 1.54) is 12.8 Å². The van der Waals surface area contributed by atoms with Gasteiger partial charge in [-0.3, -0.25) is 4.79 Å². The minimum Gasteiger partial charge on any atom is -0.335 e. The molecule has 0 aromatic carbocycles. The minimum atomic E-state index is 0.0544. The van der Waals surface area contributed by atoms with Crippen molar-refractivity contribution in [1.82, 2.24) is 15.2 Å². The van der Waals surface area contributed by atoms with Crippen LogP contribution in [-0.2, 0) is 0 Å². The van der Waals surface area contributed by atoms with Crippen molar-refractivity contribution >= 4 is 21.8 Å². The maximum atomic E-state index is 12.3. The number of carbonyl (C=O) groups excluding carboxylic acids is 1. The lowest BCUT2D eigenvalue weighted by molar-refractivity contribution is 0.0780. The standard InChI is InChI=1S/C13H16BrN3O/c14-10-3-4-11(16-6-10)13(18)17-7-9-2-1-5-15-12(9)8-17/h3-4,6,9,12,15H,1-2,5,7-8H2/t9-,12+/m0/s1. The van der Waals surface area contributed by atoms with Gasteiger partial charge in [0.1, 0.15) is 5.69 Å². The molecular weight excluding hydrogens is 294 g/mol. The average Bonchev–Trinajstić information content (AvgIpc) is 2.82. The van der Waals surface area contributed by atoms with E-state index in [9.17, 15) is 4.79 Å². The van der Waals surface area contributed by atoms with Gasteiger partial charge in [0.05, 0.1) is 0 Å². The molecule has 2 atom stereocenters. The third-order valence-electron chi connectivity index (χ3n) is 3.83. The van der Waals surface area contributed by atoms with Crippen molar-refractivity contribution < 1.29 is 4.79 Å². The Balaban J connectivity index is 1.72. The van der Waals surface area contributed by atoms with Crippen molar-refractivity contribution in [3.8, 4) is 0 Å². The molecule has 18 heavy (non-hydrogen) atoms. The van der Waals surface area contributed by atoms with Gasteiger partial charge in [-0.1, -0.05) is 0 Å². The summed E-state index contributed by atoms with van der Waals surface area (Å²) in [5.41, 5.74) is 0.539. The number of piperidine rings is 1. The van der Waals surface area contributed by atoms with Crippen LogP contribution in [-0.4, -0.2) is 41.5 Å². The Morgan fingerprint density at radius 2 is 2.33 bits per heavy atom. The summed E-state index contributed by atoms with van der Waals surface area (Å²) in [5.74, 6) is 0.678. The molecule has 1 amide bonds. The van der Waals surface area contributed by atoms with Crippen LogP contribution in [0.2, 0.25) is 0 Å². The van der Waals surface area contributed by atoms with Crippen molar-refractivity contribution in [2.75, 3.05) is 19.6 Å². The van der Waals surface area contributed by atoms with Crippen molar-refractivity contribution in [3.63, 3.8) is 0 Å². The summed E-state index contributed by atoms with van der Waals surface area (Å²) in [5, 5.41) is 3.50. The van der Waals surface area contributed by atoms with E-state index in [2.05, 4.69) is 26.2 Å². The highest BCUT2D eigenvalue weighted by Crippen LogP contribution is 2.25. The Morgan fingerprint density at radius 1 is 1.44 bits per heavy atom. The van der Waals surface area contributed by atoms with Gasteiger partial charge < -0.3 is 10.2 Å². The molecule has 2 saturated heterocycles. The quantitative estimate of drug-likeness (QED) is 0.858. The molecule has 1 aromatic rings. The monoisotopic (exact) mass is 309 g/mol. The van der Waals surface area contributed by atoms with Gasteiger partial charge in [0, 0.05) is 29.8 Å². The first-order valence-electron chi connectivity index (χ1n) is 6.38. The number of likely N-dealkylation sites (tertiary alicyclic amines) is 1. The highest BCUT2D eigenvalue weighted by atomic mass is 79.9. The topological polar surface area (TPSA) is 45.2 Å². The van der Waals surface area contributed by atoms with Crippen molar-refractivity contribution in [3.05, 3.63) is 28.5 Å². The fourth-order valence-corrected chi connectivity index (χ4v) is 3.11. The van der Waals surface area contributed by atoms with Crippen molar-refractivity contribution in [2.24, 2.45) is 5.92 Å². The predicted molar refractivity (Wildman–Crippen MR) is 72.4 cm³/mol. The first-order chi connectivity index (χ1) is 8.74. The number of amides is 1. The molecule has 1 aromatic heterocycles. The molecule has 1 N–H and O–H groups in total. The van der Waals surface area contributed by atoms with E-state index in [1.807, 2.05) is 11.0 Å². The lowest BCUT2D eigenvalue weighted by atomic mass is 9.94. The van der Waals surface area contributed by atoms with Crippen molar-refractivity contribution in [1.29, 1.82) is 0 Å². The molecule has 0 bridgehead atoms. The zero-order valence-corrected chi connectivity index (χ0v) is 11.7. The van der Waals surface area contributed by atoms with Gasteiger partial charge in [-0.2, -0.15) is 0 Å². The molecular formula is C13H16BrN3O. The molecule has 96 valence electrons. The van der Waals surface area contributed by atoms with Gasteiger partial charge in [-0.25, -0.2) is 4.98 Å². The molecule has 0 saturated carbocycles. The number of aromatic nitrogens is 1. The van der Waals surface area contributed by atoms with E-state index >= 15 is 0 Å². The van der Waals surface area contributed by atoms with E-state index in [0.29, 0.717) is 17.7 Å². The number of nitrogens with zero attached hydrogens (tertiary/aromatic N) is 2. The Labute approximate surface area is 115 Å². The zero-order valence-electron chi connectivity index (χ0n) is 10.1. The van der Waals surface area contributed by atoms with Crippen LogP contribution in [0.4, 0.5) is 0 Å². The normalized spacial score (nSPS) is 27.1. The number of fused-ring (bicyclic) bond motifs is 1. The highest BCUT2D eigenvalue weighted by Gasteiger charge is 2.36. The first kappa shape index (κ1) is 12.1. The van der Waals surface area contributed by atoms with E-state index in [0.717, 1.165) is 24.1 Å². The van der Waals surface area contributed by atoms with E-state index in [1.54, 1.807) is 12.3 Å². The predicted octanol–water partition coefficient (Wildman–Crippen LogP) is 1.67. The second-order valence-electron chi connectivity index (χ2n) is 5.03. The van der Waals surface area contributed by atoms with Crippen LogP contribution in [0.3, 0.4) is 0 Å². The van der Waals surface area contributed by atoms with Gasteiger partial charge in [0.15, 0.2) is 0 Å². The summed E-state index contributed by atoms with van der Waals surface area (Å²) < 4.78 is 0.899. The number of nitrogens with one attached hydrogen (secondary N) is 1. The molecule has 0 unspecified atom stereocenters. The summed E-state index contributed by atoms with van der Waals surface area (Å²) in [4.78, 5) is 18.4. The average molecular weight is 310 g/mol. The fraction of sp³-hybridized carbons (Fsp3) is 0.538. The molecule has 5 heteroatoms. The van der Waals surface area contributed by atoms with Gasteiger partial charge in [0.2, 0.25) is 0 Å². The highest BCUT2D eigenvalue weighted by molar-refractivity contribution is 9.10. The van der Waals surface area contributed by atoms with Crippen molar-refractivity contribution in [2.45, 2.75) is 18.9 Å². The maximum Gasteiger partial charge on any atom is 0.272 e. The number of pyridine rings is 1. The summed E-state index contributed by atoms with van der Waals surface area (Å²) in [7, 11) is 0. The summed E-state index contributed by atoms with van der Waals surface area (Å²) in [6.45, 7) is 2.77. The lowest BCUT2D eigenvalue weighted by Gasteiger charge is -2.24. The lowest BCUT2D eigenvalue weighted by Crippen LogP contribution is -2.41. The molecule has 4 nitrogen and oxygen atoms in total. The number of hydrogen-bond donors (Lipinski definition) is 1. The first-order valence-corrected chi connectivity index (χ1v) is 7.17.